The molecule has 4 nitrogen and oxygen atoms in total. The average Bonchev–Trinajstić information content (AvgIpc) is 2.68. The zero-order valence-corrected chi connectivity index (χ0v) is 15.8. The van der Waals surface area contributed by atoms with Crippen LogP contribution in [0.25, 0.3) is 0 Å². The van der Waals surface area contributed by atoms with Gasteiger partial charge in [0.2, 0.25) is 0 Å². The highest BCUT2D eigenvalue weighted by Crippen LogP contribution is 2.36. The lowest BCUT2D eigenvalue weighted by molar-refractivity contribution is -0.00675. The van der Waals surface area contributed by atoms with E-state index in [1.54, 1.807) is 10.5 Å². The van der Waals surface area contributed by atoms with E-state index in [2.05, 4.69) is 6.07 Å². The Morgan fingerprint density at radius 1 is 1.19 bits per heavy atom. The van der Waals surface area contributed by atoms with Crippen LogP contribution < -0.4 is 0 Å². The smallest absolute Gasteiger partial charge is 0.154 e. The van der Waals surface area contributed by atoms with E-state index in [-0.39, 0.29) is 12.1 Å². The van der Waals surface area contributed by atoms with E-state index in [1.807, 2.05) is 68.4 Å². The molecule has 0 amide bonds. The third-order valence-corrected chi connectivity index (χ3v) is 5.87. The zero-order chi connectivity index (χ0) is 18.5. The minimum absolute atomic E-state index is 0.0518. The van der Waals surface area contributed by atoms with Gasteiger partial charge in [-0.15, -0.1) is 0 Å². The van der Waals surface area contributed by atoms with Crippen LogP contribution in [0.4, 0.5) is 0 Å². The largest absolute Gasteiger partial charge is 0.358 e. The van der Waals surface area contributed by atoms with Gasteiger partial charge in [-0.05, 0) is 31.5 Å². The van der Waals surface area contributed by atoms with Crippen LogP contribution in [-0.4, -0.2) is 21.3 Å². The molecule has 0 N–H and O–H groups in total. The summed E-state index contributed by atoms with van der Waals surface area (Å²) in [7, 11) is -1.42. The number of rotatable bonds is 5. The van der Waals surface area contributed by atoms with Crippen molar-refractivity contribution in [1.82, 2.24) is 4.31 Å². The van der Waals surface area contributed by atoms with Crippen molar-refractivity contribution in [3.8, 4) is 6.07 Å². The molecule has 0 saturated heterocycles. The van der Waals surface area contributed by atoms with Crippen molar-refractivity contribution in [3.63, 3.8) is 0 Å². The average molecular weight is 366 g/mol. The van der Waals surface area contributed by atoms with Crippen molar-refractivity contribution < 1.29 is 8.95 Å². The van der Waals surface area contributed by atoms with Crippen molar-refractivity contribution in [1.29, 1.82) is 5.26 Å². The summed E-state index contributed by atoms with van der Waals surface area (Å²) in [6.07, 6.45) is 1.95. The van der Waals surface area contributed by atoms with E-state index in [4.69, 9.17) is 4.74 Å². The number of allylic oxidation sites excluding steroid dienone is 1. The molecule has 0 saturated carbocycles. The first-order valence-corrected chi connectivity index (χ1v) is 9.80. The maximum atomic E-state index is 13.1. The molecular weight excluding hydrogens is 344 g/mol. The van der Waals surface area contributed by atoms with E-state index < -0.39 is 11.0 Å². The minimum atomic E-state index is -1.42. The molecule has 1 unspecified atom stereocenters. The number of hydrogen-bond donors (Lipinski definition) is 0. The second-order valence-corrected chi connectivity index (χ2v) is 7.62. The molecule has 0 fully saturated rings. The van der Waals surface area contributed by atoms with Gasteiger partial charge in [-0.2, -0.15) is 5.26 Å². The lowest BCUT2D eigenvalue weighted by Gasteiger charge is -2.36. The van der Waals surface area contributed by atoms with E-state index in [0.29, 0.717) is 23.5 Å². The molecule has 0 spiro atoms. The normalized spacial score (nSPS) is 21.0. The number of benzene rings is 2. The number of nitriles is 1. The lowest BCUT2D eigenvalue weighted by atomic mass is 9.87. The maximum Gasteiger partial charge on any atom is 0.154 e. The van der Waals surface area contributed by atoms with E-state index >= 15 is 0 Å². The van der Waals surface area contributed by atoms with Crippen molar-refractivity contribution in [2.45, 2.75) is 37.3 Å². The summed E-state index contributed by atoms with van der Waals surface area (Å²) >= 11 is 0. The van der Waals surface area contributed by atoms with Gasteiger partial charge in [0.15, 0.2) is 11.0 Å². The number of nitrogens with zero attached hydrogens (tertiary/aromatic N) is 2. The molecule has 1 heterocycles. The molecule has 2 aromatic carbocycles. The van der Waals surface area contributed by atoms with Gasteiger partial charge in [-0.3, -0.25) is 4.31 Å². The summed E-state index contributed by atoms with van der Waals surface area (Å²) in [6, 6.07) is 19.8. The van der Waals surface area contributed by atoms with Crippen LogP contribution in [0.2, 0.25) is 0 Å². The van der Waals surface area contributed by atoms with Crippen LogP contribution in [0.5, 0.6) is 0 Å². The highest BCUT2D eigenvalue weighted by Gasteiger charge is 2.33. The van der Waals surface area contributed by atoms with Crippen LogP contribution in [0.15, 0.2) is 71.3 Å². The van der Waals surface area contributed by atoms with Gasteiger partial charge in [-0.1, -0.05) is 48.0 Å². The van der Waals surface area contributed by atoms with Crippen molar-refractivity contribution in [2.24, 2.45) is 0 Å². The predicted octanol–water partition coefficient (Wildman–Crippen LogP) is 4.28. The third-order valence-electron chi connectivity index (χ3n) is 4.47. The van der Waals surface area contributed by atoms with Crippen LogP contribution in [0.1, 0.15) is 30.4 Å². The van der Waals surface area contributed by atoms with E-state index in [1.165, 1.54) is 0 Å². The van der Waals surface area contributed by atoms with Crippen LogP contribution in [0, 0.1) is 18.3 Å². The van der Waals surface area contributed by atoms with Crippen molar-refractivity contribution in [2.75, 3.05) is 6.61 Å². The molecule has 26 heavy (non-hydrogen) atoms. The Labute approximate surface area is 157 Å². The fourth-order valence-corrected chi connectivity index (χ4v) is 4.30. The first kappa shape index (κ1) is 18.4. The minimum Gasteiger partial charge on any atom is -0.358 e. The monoisotopic (exact) mass is 366 g/mol. The Balaban J connectivity index is 1.97. The zero-order valence-electron chi connectivity index (χ0n) is 15.0. The summed E-state index contributed by atoms with van der Waals surface area (Å²) in [5.41, 5.74) is 2.79. The highest BCUT2D eigenvalue weighted by molar-refractivity contribution is 7.82. The van der Waals surface area contributed by atoms with Gasteiger partial charge in [-0.25, -0.2) is 4.21 Å². The molecule has 0 bridgehead atoms. The van der Waals surface area contributed by atoms with Gasteiger partial charge >= 0.3 is 0 Å². The van der Waals surface area contributed by atoms with Crippen LogP contribution in [-0.2, 0) is 15.7 Å². The highest BCUT2D eigenvalue weighted by atomic mass is 32.2. The number of ether oxygens (including phenoxy) is 1. The van der Waals surface area contributed by atoms with Gasteiger partial charge in [0.05, 0.1) is 16.5 Å². The Bertz CT molecular complexity index is 841. The van der Waals surface area contributed by atoms with Gasteiger partial charge in [0, 0.05) is 25.1 Å². The second-order valence-electron chi connectivity index (χ2n) is 6.23. The molecule has 0 radical (unpaired) electrons. The molecule has 0 aliphatic carbocycles. The summed E-state index contributed by atoms with van der Waals surface area (Å²) in [5, 5.41) is 9.66. The summed E-state index contributed by atoms with van der Waals surface area (Å²) < 4.78 is 20.7. The van der Waals surface area contributed by atoms with Crippen LogP contribution >= 0.6 is 0 Å². The summed E-state index contributed by atoms with van der Waals surface area (Å²) in [6.45, 7) is 4.44. The Morgan fingerprint density at radius 3 is 2.50 bits per heavy atom. The molecule has 1 aliphatic rings. The summed E-state index contributed by atoms with van der Waals surface area (Å²) in [5.74, 6) is -0.0518. The van der Waals surface area contributed by atoms with E-state index in [9.17, 15) is 9.47 Å². The first-order valence-electron chi connectivity index (χ1n) is 8.69. The summed E-state index contributed by atoms with van der Waals surface area (Å²) in [4.78, 5) is 0.701. The first-order chi connectivity index (χ1) is 12.6. The molecule has 134 valence electrons. The molecule has 1 aliphatic heterocycles. The molecule has 3 rings (SSSR count). The fourth-order valence-electron chi connectivity index (χ4n) is 3.12. The number of hydrogen-bond acceptors (Lipinski definition) is 3. The van der Waals surface area contributed by atoms with E-state index in [0.717, 1.165) is 11.1 Å². The molecule has 5 heteroatoms. The Morgan fingerprint density at radius 2 is 1.88 bits per heavy atom. The quantitative estimate of drug-likeness (QED) is 0.794. The number of aryl methyl sites for hydroxylation is 1. The lowest BCUT2D eigenvalue weighted by Crippen LogP contribution is -2.39. The standard InChI is InChI=1S/C21H22N2O2S/c1-3-25-21-13-20(17-7-5-4-6-8-17)18(14-22)15-23(21)26(24)19-11-9-16(2)10-12-19/h4-12,15,20-21H,3,13H2,1-2H3/t20-,21+,26?/m1/s1. The third kappa shape index (κ3) is 3.87. The molecular formula is C21H22N2O2S. The van der Waals surface area contributed by atoms with Gasteiger partial charge < -0.3 is 4.74 Å². The van der Waals surface area contributed by atoms with Crippen molar-refractivity contribution in [3.05, 3.63) is 77.5 Å². The molecule has 3 atom stereocenters. The molecule has 0 aromatic heterocycles. The van der Waals surface area contributed by atoms with Crippen molar-refractivity contribution >= 4 is 11.0 Å². The Hall–Kier alpha value is -2.42. The topological polar surface area (TPSA) is 53.3 Å². The SMILES string of the molecule is CCO[C@H]1C[C@H](c2ccccc2)C(C#N)=CN1S(=O)c1ccc(C)cc1. The second kappa shape index (κ2) is 8.31. The van der Waals surface area contributed by atoms with Gasteiger partial charge in [0.1, 0.15) is 6.23 Å². The fraction of sp³-hybridized carbons (Fsp3) is 0.286. The predicted molar refractivity (Wildman–Crippen MR) is 102 cm³/mol. The Kier molecular flexibility index (Phi) is 5.87. The van der Waals surface area contributed by atoms with Crippen LogP contribution in [0.3, 0.4) is 0 Å². The maximum absolute atomic E-state index is 13.1. The molecule has 2 aromatic rings. The van der Waals surface area contributed by atoms with Gasteiger partial charge in [0.25, 0.3) is 0 Å².